The highest BCUT2D eigenvalue weighted by atomic mass is 19.1. The summed E-state index contributed by atoms with van der Waals surface area (Å²) in [5.74, 6) is -5.94. The number of benzene rings is 2. The highest BCUT2D eigenvalue weighted by Crippen LogP contribution is 2.46. The third kappa shape index (κ3) is 14.0. The molecule has 430 valence electrons. The molecule has 7 N–H and O–H groups in total. The fourth-order valence-corrected chi connectivity index (χ4v) is 9.89. The van der Waals surface area contributed by atoms with Gasteiger partial charge in [0.05, 0.1) is 101 Å². The molecule has 5 heterocycles. The fourth-order valence-electron chi connectivity index (χ4n) is 9.89. The number of cyclic esters (lactones) is 1. The van der Waals surface area contributed by atoms with Gasteiger partial charge in [-0.2, -0.15) is 0 Å². The molecule has 81 heavy (non-hydrogen) atoms. The Labute approximate surface area is 462 Å². The van der Waals surface area contributed by atoms with Crippen molar-refractivity contribution in [2.75, 3.05) is 79.2 Å². The van der Waals surface area contributed by atoms with Gasteiger partial charge < -0.3 is 65.3 Å². The van der Waals surface area contributed by atoms with E-state index in [9.17, 15) is 53.1 Å². The van der Waals surface area contributed by atoms with Crippen molar-refractivity contribution < 1.29 is 76.3 Å². The first-order chi connectivity index (χ1) is 39.0. The topological polar surface area (TPSA) is 330 Å². The Morgan fingerprint density at radius 3 is 2.20 bits per heavy atom. The number of carbonyl (C=O) groups is 9. The highest BCUT2D eigenvalue weighted by molar-refractivity contribution is 6.12. The summed E-state index contributed by atoms with van der Waals surface area (Å²) in [5.41, 5.74) is 1.80. The Hall–Kier alpha value is -8.30. The molecule has 0 spiro atoms. The average molecular weight is 1120 g/mol. The summed E-state index contributed by atoms with van der Waals surface area (Å²) in [7, 11) is 0. The lowest BCUT2D eigenvalue weighted by atomic mass is 9.81. The van der Waals surface area contributed by atoms with Crippen LogP contribution in [0.1, 0.15) is 71.2 Å². The van der Waals surface area contributed by atoms with Crippen molar-refractivity contribution in [3.63, 3.8) is 0 Å². The van der Waals surface area contributed by atoms with Crippen LogP contribution in [0.25, 0.3) is 22.3 Å². The number of imide groups is 1. The number of fused-ring (bicyclic) bond motifs is 5. The zero-order valence-electron chi connectivity index (χ0n) is 44.6. The molecule has 25 nitrogen and oxygen atoms in total. The lowest BCUT2D eigenvalue weighted by Gasteiger charge is -2.31. The molecule has 3 aliphatic heterocycles. The Bertz CT molecular complexity index is 3210. The molecule has 0 bridgehead atoms. The Morgan fingerprint density at radius 2 is 1.47 bits per heavy atom. The minimum absolute atomic E-state index is 0.0291. The number of ether oxygens (including phenoxy) is 5. The second-order valence-electron chi connectivity index (χ2n) is 19.4. The van der Waals surface area contributed by atoms with Gasteiger partial charge in [-0.15, -0.1) is 0 Å². The van der Waals surface area contributed by atoms with Gasteiger partial charge in [-0.3, -0.25) is 48.1 Å². The van der Waals surface area contributed by atoms with Crippen LogP contribution < -0.4 is 37.5 Å². The number of nitrogens with zero attached hydrogens (tertiary/aromatic N) is 3. The molecule has 3 atom stereocenters. The van der Waals surface area contributed by atoms with Crippen molar-refractivity contribution in [1.29, 1.82) is 0 Å². The highest BCUT2D eigenvalue weighted by Gasteiger charge is 2.46. The van der Waals surface area contributed by atoms with Crippen LogP contribution in [0.3, 0.4) is 0 Å². The molecule has 4 aliphatic rings. The number of rotatable bonds is 28. The maximum absolute atomic E-state index is 15.4. The summed E-state index contributed by atoms with van der Waals surface area (Å²) < 4.78 is 43.7. The standard InChI is InChI=1S/C55H62FN9O16/c1-3-55(76)36-22-41-51-34(27-65(41)53(74)35(36)28-81-54(55)75)50-38(10-9-33-31(2)37(56)23-39(63-51)49(33)50)61-46(70)29-80-30-60-44(68)25-59-52(73)40(21-32-7-5-4-6-8-32)62-45(69)26-58-43(67)24-57-42(66)13-15-77-17-19-79-20-18-78-16-14-64-47(71)11-12-48(64)72/h4-8,11-12,22-23,38,40,76H,3,9-10,13-21,24-30H2,1-2H3,(H,57,66)(H,58,67)(H,59,73)(H,60,68)(H,61,70)(H,62,69)/t38-,40-,55-/m0/s1. The summed E-state index contributed by atoms with van der Waals surface area (Å²) in [4.78, 5) is 133. The summed E-state index contributed by atoms with van der Waals surface area (Å²) in [6.07, 6.45) is 3.08. The third-order valence-corrected chi connectivity index (χ3v) is 14.1. The van der Waals surface area contributed by atoms with Crippen LogP contribution in [-0.2, 0) is 98.4 Å². The summed E-state index contributed by atoms with van der Waals surface area (Å²) in [6.45, 7) is 1.83. The molecule has 2 aromatic heterocycles. The molecule has 0 saturated carbocycles. The largest absolute Gasteiger partial charge is 0.458 e. The average Bonchev–Trinajstić information content (AvgIpc) is 2.63. The zero-order chi connectivity index (χ0) is 57.8. The van der Waals surface area contributed by atoms with Crippen molar-refractivity contribution in [3.8, 4) is 11.4 Å². The molecule has 1 aliphatic carbocycles. The van der Waals surface area contributed by atoms with Crippen LogP contribution in [0.5, 0.6) is 0 Å². The van der Waals surface area contributed by atoms with Gasteiger partial charge in [0.15, 0.2) is 5.60 Å². The number of amides is 8. The summed E-state index contributed by atoms with van der Waals surface area (Å²) in [5, 5.41) is 27.3. The molecule has 4 aromatic rings. The van der Waals surface area contributed by atoms with Crippen molar-refractivity contribution >= 4 is 64.1 Å². The van der Waals surface area contributed by atoms with E-state index >= 15 is 4.39 Å². The monoisotopic (exact) mass is 1120 g/mol. The van der Waals surface area contributed by atoms with Crippen molar-refractivity contribution in [1.82, 2.24) is 46.4 Å². The number of aliphatic hydroxyl groups is 1. The second kappa shape index (κ2) is 26.8. The van der Waals surface area contributed by atoms with Crippen molar-refractivity contribution in [2.24, 2.45) is 0 Å². The van der Waals surface area contributed by atoms with Gasteiger partial charge >= 0.3 is 5.97 Å². The second-order valence-corrected chi connectivity index (χ2v) is 19.4. The first kappa shape index (κ1) is 58.8. The molecule has 26 heteroatoms. The van der Waals surface area contributed by atoms with Crippen LogP contribution in [0.15, 0.2) is 59.4 Å². The molecule has 8 rings (SSSR count). The van der Waals surface area contributed by atoms with E-state index in [4.69, 9.17) is 28.7 Å². The van der Waals surface area contributed by atoms with E-state index < -0.39 is 103 Å². The summed E-state index contributed by atoms with van der Waals surface area (Å²) in [6, 6.07) is 9.80. The van der Waals surface area contributed by atoms with E-state index in [1.165, 1.54) is 22.8 Å². The number of aromatic nitrogens is 2. The van der Waals surface area contributed by atoms with Crippen LogP contribution in [0.2, 0.25) is 0 Å². The molecule has 8 amide bonds. The molecule has 2 aromatic carbocycles. The quantitative estimate of drug-likeness (QED) is 0.0139. The van der Waals surface area contributed by atoms with E-state index in [1.54, 1.807) is 50.2 Å². The normalized spacial score (nSPS) is 17.0. The molecule has 0 radical (unpaired) electrons. The Morgan fingerprint density at radius 1 is 0.802 bits per heavy atom. The van der Waals surface area contributed by atoms with Gasteiger partial charge in [0, 0.05) is 47.6 Å². The minimum Gasteiger partial charge on any atom is -0.458 e. The van der Waals surface area contributed by atoms with Crippen LogP contribution >= 0.6 is 0 Å². The molecule has 0 fully saturated rings. The molecular weight excluding hydrogens is 1060 g/mol. The van der Waals surface area contributed by atoms with Gasteiger partial charge in [0.2, 0.25) is 35.4 Å². The van der Waals surface area contributed by atoms with Crippen molar-refractivity contribution in [2.45, 2.75) is 76.8 Å². The van der Waals surface area contributed by atoms with E-state index in [-0.39, 0.29) is 102 Å². The Balaban J connectivity index is 0.749. The lowest BCUT2D eigenvalue weighted by molar-refractivity contribution is -0.172. The number of hydrogen-bond acceptors (Lipinski definition) is 17. The molecule has 0 unspecified atom stereocenters. The van der Waals surface area contributed by atoms with Gasteiger partial charge in [-0.05, 0) is 54.5 Å². The zero-order valence-corrected chi connectivity index (χ0v) is 44.6. The first-order valence-electron chi connectivity index (χ1n) is 26.3. The number of pyridine rings is 2. The predicted molar refractivity (Wildman–Crippen MR) is 281 cm³/mol. The Kier molecular flexibility index (Phi) is 19.4. The molecule has 0 saturated heterocycles. The van der Waals surface area contributed by atoms with E-state index in [0.717, 1.165) is 10.5 Å². The first-order valence-corrected chi connectivity index (χ1v) is 26.3. The fraction of sp³-hybridized carbons (Fsp3) is 0.436. The number of aryl methyl sites for hydroxylation is 1. The smallest absolute Gasteiger partial charge is 0.343 e. The lowest BCUT2D eigenvalue weighted by Crippen LogP contribution is -2.52. The summed E-state index contributed by atoms with van der Waals surface area (Å²) >= 11 is 0. The van der Waals surface area contributed by atoms with Gasteiger partial charge in [0.1, 0.15) is 31.8 Å². The van der Waals surface area contributed by atoms with Gasteiger partial charge in [-0.25, -0.2) is 14.2 Å². The van der Waals surface area contributed by atoms with Crippen molar-refractivity contribution in [3.05, 3.63) is 110 Å². The predicted octanol–water partition coefficient (Wildman–Crippen LogP) is -0.838. The van der Waals surface area contributed by atoms with E-state index in [0.29, 0.717) is 57.4 Å². The number of nitrogens with one attached hydrogen (secondary N) is 6. The van der Waals surface area contributed by atoms with Gasteiger partial charge in [-0.1, -0.05) is 37.3 Å². The number of halogens is 1. The van der Waals surface area contributed by atoms with Gasteiger partial charge in [0.25, 0.3) is 17.4 Å². The SMILES string of the molecule is CC[C@@]1(O)C(=O)OCc2c1cc1n(c2=O)Cc2c-1nc1cc(F)c(C)c3c1c2[C@@H](NC(=O)COCNC(=O)CNC(=O)[C@H](Cc1ccccc1)NC(=O)CNC(=O)CNC(=O)CCOCCOCCOCCN1C(=O)C=CC1=O)CC3. The maximum atomic E-state index is 15.4. The van der Waals surface area contributed by atoms with Crippen LogP contribution in [0.4, 0.5) is 4.39 Å². The molecular formula is C55H62FN9O16. The van der Waals surface area contributed by atoms with Crippen LogP contribution in [0, 0.1) is 12.7 Å². The third-order valence-electron chi connectivity index (χ3n) is 14.1. The number of carbonyl (C=O) groups excluding carboxylic acids is 9. The minimum atomic E-state index is -2.06. The number of esters is 1. The maximum Gasteiger partial charge on any atom is 0.343 e. The van der Waals surface area contributed by atoms with Crippen LogP contribution in [-0.4, -0.2) is 158 Å². The number of hydrogen-bond donors (Lipinski definition) is 7. The van der Waals surface area contributed by atoms with E-state index in [2.05, 4.69) is 31.9 Å². The van der Waals surface area contributed by atoms with E-state index in [1.807, 2.05) is 0 Å².